The first-order chi connectivity index (χ1) is 20.7. The molecular formula is C42H34Cl2SiZr-4. The van der Waals surface area contributed by atoms with E-state index in [2.05, 4.69) is 142 Å². The van der Waals surface area contributed by atoms with Crippen molar-refractivity contribution in [3.63, 3.8) is 0 Å². The third-order valence-corrected chi connectivity index (χ3v) is 9.00. The van der Waals surface area contributed by atoms with Crippen molar-refractivity contribution in [3.8, 4) is 44.5 Å². The molecule has 0 spiro atoms. The summed E-state index contributed by atoms with van der Waals surface area (Å²) >= 11 is 1.36. The molecule has 4 heteroatoms. The van der Waals surface area contributed by atoms with Crippen molar-refractivity contribution in [3.05, 3.63) is 147 Å². The summed E-state index contributed by atoms with van der Waals surface area (Å²) in [7, 11) is 0. The second-order valence-electron chi connectivity index (χ2n) is 11.5. The summed E-state index contributed by atoms with van der Waals surface area (Å²) in [6, 6.07) is 44.8. The molecule has 0 fully saturated rings. The SMILES string of the molecule is Cc1cc2ccc3c(c2[cH-]1)-c1cccc2cccc-3c12.Cc1cc2ccc3c(c2[cH-]1)-c1cccc2cccc-3c12.Cl.Cl.[CH3-].[CH3-].[Si]=[Zr]. The van der Waals surface area contributed by atoms with Crippen LogP contribution in [0.2, 0.25) is 0 Å². The van der Waals surface area contributed by atoms with Gasteiger partial charge in [-0.3, -0.25) is 0 Å². The number of hydrogen-bond acceptors (Lipinski definition) is 0. The Morgan fingerprint density at radius 3 is 1.15 bits per heavy atom. The Labute approximate surface area is 301 Å². The van der Waals surface area contributed by atoms with Gasteiger partial charge in [0.15, 0.2) is 0 Å². The summed E-state index contributed by atoms with van der Waals surface area (Å²) in [6.07, 6.45) is 0. The van der Waals surface area contributed by atoms with Crippen LogP contribution in [0, 0.1) is 28.7 Å². The van der Waals surface area contributed by atoms with Gasteiger partial charge in [-0.25, -0.2) is 0 Å². The zero-order chi connectivity index (χ0) is 28.5. The van der Waals surface area contributed by atoms with Crippen LogP contribution in [0.5, 0.6) is 0 Å². The van der Waals surface area contributed by atoms with E-state index in [0.717, 1.165) is 0 Å². The van der Waals surface area contributed by atoms with Crippen LogP contribution in [0.1, 0.15) is 11.1 Å². The molecule has 8 aromatic rings. The van der Waals surface area contributed by atoms with Crippen LogP contribution in [0.3, 0.4) is 0 Å². The summed E-state index contributed by atoms with van der Waals surface area (Å²) < 4.78 is 0. The molecule has 0 N–H and O–H groups in total. The molecule has 0 amide bonds. The molecule has 2 aliphatic rings. The number of fused-ring (bicyclic) bond motifs is 10. The van der Waals surface area contributed by atoms with Gasteiger partial charge in [-0.1, -0.05) is 132 Å². The molecular weight excluding hydrogens is 695 g/mol. The molecule has 0 aliphatic heterocycles. The number of aryl methyl sites for hydroxylation is 2. The zero-order valence-corrected chi connectivity index (χ0v) is 31.5. The third-order valence-electron chi connectivity index (χ3n) is 9.00. The van der Waals surface area contributed by atoms with Gasteiger partial charge < -0.3 is 14.9 Å². The van der Waals surface area contributed by atoms with Gasteiger partial charge in [0, 0.05) is 0 Å². The van der Waals surface area contributed by atoms with Crippen molar-refractivity contribution in [2.75, 3.05) is 0 Å². The van der Waals surface area contributed by atoms with Gasteiger partial charge in [-0.05, 0) is 32.7 Å². The topological polar surface area (TPSA) is 0 Å². The molecule has 2 radical (unpaired) electrons. The van der Waals surface area contributed by atoms with E-state index in [-0.39, 0.29) is 39.7 Å². The van der Waals surface area contributed by atoms with Crippen molar-refractivity contribution >= 4 is 74.8 Å². The van der Waals surface area contributed by atoms with Crippen LogP contribution >= 0.6 is 24.8 Å². The Bertz CT molecular complexity index is 2200. The van der Waals surface area contributed by atoms with Gasteiger partial charge in [0.25, 0.3) is 0 Å². The summed E-state index contributed by atoms with van der Waals surface area (Å²) in [5, 5.41) is 11.0. The fraction of sp³-hybridized carbons (Fsp3) is 0.0476. The van der Waals surface area contributed by atoms with Crippen molar-refractivity contribution in [1.82, 2.24) is 0 Å². The van der Waals surface area contributed by atoms with Gasteiger partial charge in [0.05, 0.1) is 0 Å². The van der Waals surface area contributed by atoms with E-state index in [0.29, 0.717) is 0 Å². The molecule has 46 heavy (non-hydrogen) atoms. The molecule has 0 heterocycles. The fourth-order valence-corrected chi connectivity index (χ4v) is 7.44. The van der Waals surface area contributed by atoms with Gasteiger partial charge in [-0.15, -0.1) is 81.8 Å². The molecule has 228 valence electrons. The number of rotatable bonds is 0. The normalized spacial score (nSPS) is 10.7. The molecule has 0 saturated carbocycles. The Morgan fingerprint density at radius 1 is 0.435 bits per heavy atom. The van der Waals surface area contributed by atoms with Crippen LogP contribution in [-0.4, -0.2) is 6.88 Å². The van der Waals surface area contributed by atoms with E-state index in [1.165, 1.54) is 122 Å². The van der Waals surface area contributed by atoms with Gasteiger partial charge in [0.2, 0.25) is 0 Å². The standard InChI is InChI=1S/2C20H13.2CH3.2ClH.Si.Zr/c2*1-12-10-14-8-9-16-15-6-2-4-13-5-3-7-17(19(13)15)20(16)18(14)11-12;;;;;;/h2*2-11H,1H3;2*1H3;2*1H;;/q4*-1;;;;. The molecule has 2 aliphatic carbocycles. The Kier molecular flexibility index (Phi) is 10.7. The minimum atomic E-state index is 0. The van der Waals surface area contributed by atoms with Crippen molar-refractivity contribution in [1.29, 1.82) is 0 Å². The average Bonchev–Trinajstić information content (AvgIpc) is 3.77. The van der Waals surface area contributed by atoms with E-state index >= 15 is 0 Å². The fourth-order valence-electron chi connectivity index (χ4n) is 7.44. The molecule has 10 rings (SSSR count). The van der Waals surface area contributed by atoms with Crippen molar-refractivity contribution < 1.29 is 23.3 Å². The Balaban J connectivity index is 0.000000183. The zero-order valence-electron chi connectivity index (χ0n) is 26.4. The van der Waals surface area contributed by atoms with Crippen LogP contribution < -0.4 is 0 Å². The summed E-state index contributed by atoms with van der Waals surface area (Å²) in [6.45, 7) is 7.41. The molecule has 0 saturated heterocycles. The molecule has 8 aromatic carbocycles. The van der Waals surface area contributed by atoms with Gasteiger partial charge >= 0.3 is 30.2 Å². The molecule has 0 unspecified atom stereocenters. The molecule has 0 atom stereocenters. The van der Waals surface area contributed by atoms with Crippen LogP contribution in [0.4, 0.5) is 0 Å². The van der Waals surface area contributed by atoms with Crippen LogP contribution in [0.15, 0.2) is 121 Å². The summed E-state index contributed by atoms with van der Waals surface area (Å²) in [5.41, 5.74) is 13.8. The quantitative estimate of drug-likeness (QED) is 0.108. The maximum atomic E-state index is 3.06. The second kappa shape index (κ2) is 13.8. The average molecular weight is 729 g/mol. The minimum absolute atomic E-state index is 0. The molecule has 0 aromatic heterocycles. The van der Waals surface area contributed by atoms with Gasteiger partial charge in [-0.2, -0.15) is 12.1 Å². The van der Waals surface area contributed by atoms with Gasteiger partial charge in [0.1, 0.15) is 0 Å². The van der Waals surface area contributed by atoms with Crippen LogP contribution in [-0.2, 0) is 23.3 Å². The summed E-state index contributed by atoms with van der Waals surface area (Å²) in [4.78, 5) is 0. The van der Waals surface area contributed by atoms with E-state index in [9.17, 15) is 0 Å². The Morgan fingerprint density at radius 2 is 0.783 bits per heavy atom. The first-order valence-electron chi connectivity index (χ1n) is 14.4. The second-order valence-corrected chi connectivity index (χ2v) is 11.5. The Hall–Kier alpha value is -3.26. The van der Waals surface area contributed by atoms with Crippen molar-refractivity contribution in [2.45, 2.75) is 13.8 Å². The van der Waals surface area contributed by atoms with E-state index in [1.54, 1.807) is 0 Å². The van der Waals surface area contributed by atoms with E-state index in [4.69, 9.17) is 0 Å². The monoisotopic (exact) mass is 726 g/mol. The predicted octanol–water partition coefficient (Wildman–Crippen LogP) is 12.7. The van der Waals surface area contributed by atoms with Crippen molar-refractivity contribution in [2.24, 2.45) is 0 Å². The van der Waals surface area contributed by atoms with E-state index in [1.807, 2.05) is 0 Å². The first-order valence-corrected chi connectivity index (χ1v) is 18.5. The van der Waals surface area contributed by atoms with Crippen LogP contribution in [0.25, 0.3) is 87.6 Å². The molecule has 0 bridgehead atoms. The van der Waals surface area contributed by atoms with E-state index < -0.39 is 0 Å². The third kappa shape index (κ3) is 5.25. The number of benzene rings is 6. The summed E-state index contributed by atoms with van der Waals surface area (Å²) in [5.74, 6) is 0. The maximum absolute atomic E-state index is 3.06. The molecule has 0 nitrogen and oxygen atoms in total. The predicted molar refractivity (Wildman–Crippen MR) is 206 cm³/mol. The first kappa shape index (κ1) is 35.6. The number of hydrogen-bond donors (Lipinski definition) is 0. The number of halogens is 2.